The molecule has 0 aliphatic rings. The van der Waals surface area contributed by atoms with Crippen LogP contribution in [0.5, 0.6) is 11.5 Å². The standard InChI is InChI=1S/C17H14Cl2N2O3/c1-10(23-15-7-6-12(18)9-14(15)19)17-20-16(21-24-17)11-4-3-5-13(8-11)22-2/h3-10H,1-2H3. The summed E-state index contributed by atoms with van der Waals surface area (Å²) in [4.78, 5) is 4.37. The number of ether oxygens (including phenoxy) is 2. The zero-order chi connectivity index (χ0) is 17.1. The Kier molecular flexibility index (Phi) is 4.92. The third kappa shape index (κ3) is 3.63. The van der Waals surface area contributed by atoms with Crippen molar-refractivity contribution in [2.45, 2.75) is 13.0 Å². The minimum Gasteiger partial charge on any atom is -0.497 e. The normalized spacial score (nSPS) is 12.0. The Hall–Kier alpha value is -2.24. The van der Waals surface area contributed by atoms with Crippen LogP contribution in [-0.4, -0.2) is 17.3 Å². The summed E-state index contributed by atoms with van der Waals surface area (Å²) in [5, 5.41) is 4.94. The molecule has 1 atom stereocenters. The van der Waals surface area contributed by atoms with Crippen LogP contribution in [0.3, 0.4) is 0 Å². The van der Waals surface area contributed by atoms with Crippen LogP contribution in [0.4, 0.5) is 0 Å². The first-order valence-corrected chi connectivity index (χ1v) is 7.92. The van der Waals surface area contributed by atoms with E-state index in [-0.39, 0.29) is 0 Å². The van der Waals surface area contributed by atoms with Crippen LogP contribution < -0.4 is 9.47 Å². The van der Waals surface area contributed by atoms with Crippen LogP contribution in [0, 0.1) is 0 Å². The SMILES string of the molecule is COc1cccc(-c2noc(C(C)Oc3ccc(Cl)cc3Cl)n2)c1. The van der Waals surface area contributed by atoms with E-state index in [0.29, 0.717) is 27.5 Å². The number of nitrogens with zero attached hydrogens (tertiary/aromatic N) is 2. The fourth-order valence-corrected chi connectivity index (χ4v) is 2.54. The Morgan fingerprint density at radius 2 is 1.96 bits per heavy atom. The molecule has 1 unspecified atom stereocenters. The van der Waals surface area contributed by atoms with Gasteiger partial charge < -0.3 is 14.0 Å². The Morgan fingerprint density at radius 3 is 2.71 bits per heavy atom. The third-order valence-electron chi connectivity index (χ3n) is 3.32. The summed E-state index contributed by atoms with van der Waals surface area (Å²) in [5.74, 6) is 2.02. The summed E-state index contributed by atoms with van der Waals surface area (Å²) >= 11 is 12.0. The van der Waals surface area contributed by atoms with Gasteiger partial charge in [-0.15, -0.1) is 0 Å². The number of methoxy groups -OCH3 is 1. The molecule has 0 amide bonds. The first-order valence-electron chi connectivity index (χ1n) is 7.16. The molecule has 5 nitrogen and oxygen atoms in total. The van der Waals surface area contributed by atoms with Crippen LogP contribution in [0.2, 0.25) is 10.0 Å². The Labute approximate surface area is 149 Å². The molecule has 0 saturated heterocycles. The second kappa shape index (κ2) is 7.11. The highest BCUT2D eigenvalue weighted by molar-refractivity contribution is 6.35. The van der Waals surface area contributed by atoms with Crippen molar-refractivity contribution >= 4 is 23.2 Å². The first-order chi connectivity index (χ1) is 11.6. The van der Waals surface area contributed by atoms with Crippen molar-refractivity contribution in [1.82, 2.24) is 10.1 Å². The fourth-order valence-electron chi connectivity index (χ4n) is 2.09. The molecule has 0 bridgehead atoms. The van der Waals surface area contributed by atoms with E-state index in [1.807, 2.05) is 24.3 Å². The Morgan fingerprint density at radius 1 is 1.12 bits per heavy atom. The summed E-state index contributed by atoms with van der Waals surface area (Å²) < 4.78 is 16.3. The smallest absolute Gasteiger partial charge is 0.267 e. The van der Waals surface area contributed by atoms with Gasteiger partial charge in [-0.05, 0) is 37.3 Å². The van der Waals surface area contributed by atoms with Gasteiger partial charge in [-0.3, -0.25) is 0 Å². The van der Waals surface area contributed by atoms with Gasteiger partial charge in [0.05, 0.1) is 12.1 Å². The molecular weight excluding hydrogens is 351 g/mol. The molecule has 3 aromatic rings. The monoisotopic (exact) mass is 364 g/mol. The van der Waals surface area contributed by atoms with E-state index >= 15 is 0 Å². The molecule has 0 radical (unpaired) electrons. The van der Waals surface area contributed by atoms with Crippen LogP contribution in [-0.2, 0) is 0 Å². The zero-order valence-electron chi connectivity index (χ0n) is 13.0. The lowest BCUT2D eigenvalue weighted by molar-refractivity contribution is 0.176. The molecule has 0 fully saturated rings. The van der Waals surface area contributed by atoms with Gasteiger partial charge in [0.2, 0.25) is 5.82 Å². The van der Waals surface area contributed by atoms with E-state index in [0.717, 1.165) is 11.3 Å². The Balaban J connectivity index is 1.79. The summed E-state index contributed by atoms with van der Waals surface area (Å²) in [5.41, 5.74) is 0.793. The van der Waals surface area contributed by atoms with Crippen molar-refractivity contribution in [3.8, 4) is 22.9 Å². The molecule has 24 heavy (non-hydrogen) atoms. The maximum Gasteiger partial charge on any atom is 0.267 e. The van der Waals surface area contributed by atoms with Gasteiger partial charge in [-0.2, -0.15) is 4.98 Å². The van der Waals surface area contributed by atoms with Crippen LogP contribution >= 0.6 is 23.2 Å². The lowest BCUT2D eigenvalue weighted by Crippen LogP contribution is -2.03. The zero-order valence-corrected chi connectivity index (χ0v) is 14.5. The molecule has 0 aliphatic carbocycles. The van der Waals surface area contributed by atoms with Gasteiger partial charge in [0.25, 0.3) is 5.89 Å². The third-order valence-corrected chi connectivity index (χ3v) is 3.85. The van der Waals surface area contributed by atoms with Crippen molar-refractivity contribution in [1.29, 1.82) is 0 Å². The lowest BCUT2D eigenvalue weighted by Gasteiger charge is -2.12. The van der Waals surface area contributed by atoms with Crippen molar-refractivity contribution in [3.05, 3.63) is 58.4 Å². The molecule has 0 spiro atoms. The Bertz CT molecular complexity index is 851. The fraction of sp³-hybridized carbons (Fsp3) is 0.176. The van der Waals surface area contributed by atoms with Crippen LogP contribution in [0.1, 0.15) is 18.9 Å². The number of halogens is 2. The molecule has 0 aliphatic heterocycles. The topological polar surface area (TPSA) is 57.4 Å². The second-order valence-corrected chi connectivity index (χ2v) is 5.87. The molecular formula is C17H14Cl2N2O3. The number of aromatic nitrogens is 2. The van der Waals surface area contributed by atoms with Gasteiger partial charge in [0.1, 0.15) is 11.5 Å². The molecule has 1 aromatic heterocycles. The van der Waals surface area contributed by atoms with Gasteiger partial charge in [0, 0.05) is 10.6 Å². The number of hydrogen-bond acceptors (Lipinski definition) is 5. The van der Waals surface area contributed by atoms with Crippen molar-refractivity contribution in [2.75, 3.05) is 7.11 Å². The van der Waals surface area contributed by atoms with E-state index in [4.69, 9.17) is 37.2 Å². The highest BCUT2D eigenvalue weighted by atomic mass is 35.5. The molecule has 7 heteroatoms. The van der Waals surface area contributed by atoms with Crippen molar-refractivity contribution in [2.24, 2.45) is 0 Å². The number of benzene rings is 2. The summed E-state index contributed by atoms with van der Waals surface area (Å²) in [7, 11) is 1.60. The second-order valence-electron chi connectivity index (χ2n) is 5.02. The summed E-state index contributed by atoms with van der Waals surface area (Å²) in [6.45, 7) is 1.80. The van der Waals surface area contributed by atoms with Crippen LogP contribution in [0.25, 0.3) is 11.4 Å². The minimum atomic E-state index is -0.462. The predicted octanol–water partition coefficient (Wildman–Crippen LogP) is 5.19. The van der Waals surface area contributed by atoms with E-state index in [1.165, 1.54) is 0 Å². The quantitative estimate of drug-likeness (QED) is 0.623. The summed E-state index contributed by atoms with van der Waals surface area (Å²) in [6, 6.07) is 12.4. The van der Waals surface area contributed by atoms with Crippen molar-refractivity contribution in [3.63, 3.8) is 0 Å². The molecule has 124 valence electrons. The van der Waals surface area contributed by atoms with E-state index < -0.39 is 6.10 Å². The average Bonchev–Trinajstić information content (AvgIpc) is 3.07. The maximum absolute atomic E-state index is 6.11. The van der Waals surface area contributed by atoms with Crippen LogP contribution in [0.15, 0.2) is 47.0 Å². The highest BCUT2D eigenvalue weighted by Gasteiger charge is 2.18. The van der Waals surface area contributed by atoms with Crippen molar-refractivity contribution < 1.29 is 14.0 Å². The largest absolute Gasteiger partial charge is 0.497 e. The molecule has 3 rings (SSSR count). The summed E-state index contributed by atoms with van der Waals surface area (Å²) in [6.07, 6.45) is -0.462. The van der Waals surface area contributed by atoms with Gasteiger partial charge in [0.15, 0.2) is 6.10 Å². The average molecular weight is 365 g/mol. The minimum absolute atomic E-state index is 0.346. The number of hydrogen-bond donors (Lipinski definition) is 0. The predicted molar refractivity (Wildman–Crippen MR) is 91.8 cm³/mol. The molecule has 0 N–H and O–H groups in total. The molecule has 2 aromatic carbocycles. The highest BCUT2D eigenvalue weighted by Crippen LogP contribution is 2.31. The van der Waals surface area contributed by atoms with Gasteiger partial charge >= 0.3 is 0 Å². The van der Waals surface area contributed by atoms with Gasteiger partial charge in [-0.1, -0.05) is 40.5 Å². The first kappa shape index (κ1) is 16.6. The molecule has 0 saturated carbocycles. The van der Waals surface area contributed by atoms with E-state index in [1.54, 1.807) is 32.2 Å². The van der Waals surface area contributed by atoms with E-state index in [2.05, 4.69) is 10.1 Å². The number of rotatable bonds is 5. The van der Waals surface area contributed by atoms with E-state index in [9.17, 15) is 0 Å². The maximum atomic E-state index is 6.11. The molecule has 1 heterocycles. The lowest BCUT2D eigenvalue weighted by atomic mass is 10.2. The van der Waals surface area contributed by atoms with Gasteiger partial charge in [-0.25, -0.2) is 0 Å².